The molecule has 1 aliphatic heterocycles. The number of hydrogen-bond acceptors (Lipinski definition) is 5. The summed E-state index contributed by atoms with van der Waals surface area (Å²) in [6.07, 6.45) is 2.25. The number of nitrogens with zero attached hydrogens (tertiary/aromatic N) is 1. The van der Waals surface area contributed by atoms with Crippen molar-refractivity contribution in [1.29, 1.82) is 0 Å². The van der Waals surface area contributed by atoms with Crippen molar-refractivity contribution >= 4 is 57.6 Å². The number of benzene rings is 1. The smallest absolute Gasteiger partial charge is 0.303 e. The van der Waals surface area contributed by atoms with Gasteiger partial charge < -0.3 is 5.11 Å². The van der Waals surface area contributed by atoms with Crippen LogP contribution in [0.15, 0.2) is 46.7 Å². The van der Waals surface area contributed by atoms with E-state index in [1.165, 1.54) is 21.5 Å². The van der Waals surface area contributed by atoms with Gasteiger partial charge in [-0.3, -0.25) is 14.5 Å². The highest BCUT2D eigenvalue weighted by Gasteiger charge is 2.31. The highest BCUT2D eigenvalue weighted by atomic mass is 32.2. The molecule has 3 rings (SSSR count). The molecule has 2 heterocycles. The Morgan fingerprint density at radius 1 is 1.24 bits per heavy atom. The molecule has 0 atom stereocenters. The summed E-state index contributed by atoms with van der Waals surface area (Å²) in [6.45, 7) is 0.339. The van der Waals surface area contributed by atoms with Gasteiger partial charge in [-0.15, -0.1) is 11.3 Å². The van der Waals surface area contributed by atoms with E-state index in [-0.39, 0.29) is 12.3 Å². The Labute approximate surface area is 159 Å². The van der Waals surface area contributed by atoms with Gasteiger partial charge in [0.05, 0.1) is 4.91 Å². The van der Waals surface area contributed by atoms with Crippen LogP contribution < -0.4 is 0 Å². The molecule has 0 spiro atoms. The van der Waals surface area contributed by atoms with Gasteiger partial charge in [-0.05, 0) is 35.1 Å². The first-order chi connectivity index (χ1) is 12.0. The number of thiophene rings is 1. The zero-order chi connectivity index (χ0) is 17.8. The second-order valence-electron chi connectivity index (χ2n) is 5.43. The molecule has 1 saturated heterocycles. The van der Waals surface area contributed by atoms with Crippen LogP contribution in [0.2, 0.25) is 0 Å². The molecule has 0 aliphatic carbocycles. The average molecular weight is 390 g/mol. The monoisotopic (exact) mass is 389 g/mol. The predicted octanol–water partition coefficient (Wildman–Crippen LogP) is 4.48. The second-order valence-corrected chi connectivity index (χ2v) is 8.05. The fraction of sp³-hybridized carbons (Fsp3) is 0.167. The number of aliphatic carboxylic acids is 1. The number of amides is 1. The van der Waals surface area contributed by atoms with Gasteiger partial charge in [0.2, 0.25) is 0 Å². The van der Waals surface area contributed by atoms with Crippen molar-refractivity contribution in [3.8, 4) is 10.4 Å². The van der Waals surface area contributed by atoms with Gasteiger partial charge in [0.15, 0.2) is 0 Å². The van der Waals surface area contributed by atoms with E-state index < -0.39 is 5.97 Å². The van der Waals surface area contributed by atoms with Gasteiger partial charge >= 0.3 is 5.97 Å². The SMILES string of the molecule is O=C(O)CCCN1C(=O)C(=Cc2ccc(-c3cccs3)cc2)SC1=S. The largest absolute Gasteiger partial charge is 0.481 e. The summed E-state index contributed by atoms with van der Waals surface area (Å²) in [5, 5.41) is 10.7. The number of hydrogen-bond donors (Lipinski definition) is 1. The van der Waals surface area contributed by atoms with E-state index in [4.69, 9.17) is 17.3 Å². The van der Waals surface area contributed by atoms with E-state index in [0.717, 1.165) is 11.1 Å². The summed E-state index contributed by atoms with van der Waals surface area (Å²) < 4.78 is 0.483. The summed E-state index contributed by atoms with van der Waals surface area (Å²) in [6, 6.07) is 12.1. The maximum absolute atomic E-state index is 12.5. The first-order valence-corrected chi connectivity index (χ1v) is 9.76. The highest BCUT2D eigenvalue weighted by Crippen LogP contribution is 2.33. The van der Waals surface area contributed by atoms with Crippen molar-refractivity contribution in [2.24, 2.45) is 0 Å². The first kappa shape index (κ1) is 17.8. The van der Waals surface area contributed by atoms with Gasteiger partial charge in [-0.1, -0.05) is 54.3 Å². The molecule has 4 nitrogen and oxygen atoms in total. The molecule has 2 aromatic rings. The molecule has 1 amide bonds. The van der Waals surface area contributed by atoms with Crippen LogP contribution in [0.4, 0.5) is 0 Å². The Hall–Kier alpha value is -1.96. The fourth-order valence-corrected chi connectivity index (χ4v) is 4.46. The number of thioether (sulfide) groups is 1. The third kappa shape index (κ3) is 4.36. The number of carboxylic acid groups (broad SMARTS) is 1. The van der Waals surface area contributed by atoms with Crippen LogP contribution in [-0.4, -0.2) is 32.7 Å². The van der Waals surface area contributed by atoms with Crippen LogP contribution in [0.3, 0.4) is 0 Å². The lowest BCUT2D eigenvalue weighted by atomic mass is 10.1. The van der Waals surface area contributed by atoms with Crippen molar-refractivity contribution in [3.63, 3.8) is 0 Å². The predicted molar refractivity (Wildman–Crippen MR) is 107 cm³/mol. The Bertz CT molecular complexity index is 826. The summed E-state index contributed by atoms with van der Waals surface area (Å²) in [7, 11) is 0. The molecular formula is C18H15NO3S3. The van der Waals surface area contributed by atoms with Crippen LogP contribution in [0.5, 0.6) is 0 Å². The van der Waals surface area contributed by atoms with Crippen LogP contribution in [0, 0.1) is 0 Å². The van der Waals surface area contributed by atoms with Gasteiger partial charge in [0.25, 0.3) is 5.91 Å². The molecule has 1 aromatic heterocycles. The Morgan fingerprint density at radius 2 is 2.00 bits per heavy atom. The third-order valence-corrected chi connectivity index (χ3v) is 5.96. The van der Waals surface area contributed by atoms with Crippen molar-refractivity contribution in [3.05, 3.63) is 52.2 Å². The summed E-state index contributed by atoms with van der Waals surface area (Å²) in [5.74, 6) is -1.02. The quantitative estimate of drug-likeness (QED) is 0.583. The third-order valence-electron chi connectivity index (χ3n) is 3.66. The summed E-state index contributed by atoms with van der Waals surface area (Å²) in [4.78, 5) is 26.3. The van der Waals surface area contributed by atoms with Crippen molar-refractivity contribution in [1.82, 2.24) is 4.90 Å². The minimum atomic E-state index is -0.869. The van der Waals surface area contributed by atoms with Crippen LogP contribution >= 0.6 is 35.3 Å². The normalized spacial score (nSPS) is 16.0. The molecule has 1 aliphatic rings. The Balaban J connectivity index is 1.70. The number of rotatable bonds is 6. The molecule has 0 bridgehead atoms. The standard InChI is InChI=1S/C18H15NO3S3/c20-16(21)4-1-9-19-17(22)15(25-18(19)23)11-12-5-7-13(8-6-12)14-3-2-10-24-14/h2-3,5-8,10-11H,1,4,9H2,(H,20,21). The molecule has 25 heavy (non-hydrogen) atoms. The molecule has 7 heteroatoms. The lowest BCUT2D eigenvalue weighted by molar-refractivity contribution is -0.137. The Kier molecular flexibility index (Phi) is 5.67. The maximum Gasteiger partial charge on any atom is 0.303 e. The van der Waals surface area contributed by atoms with Gasteiger partial charge in [0.1, 0.15) is 4.32 Å². The number of carbonyl (C=O) groups excluding carboxylic acids is 1. The van der Waals surface area contributed by atoms with Gasteiger partial charge in [-0.25, -0.2) is 0 Å². The lowest BCUT2D eigenvalue weighted by Gasteiger charge is -2.13. The molecule has 128 valence electrons. The summed E-state index contributed by atoms with van der Waals surface area (Å²) >= 11 is 8.19. The zero-order valence-corrected chi connectivity index (χ0v) is 15.6. The van der Waals surface area contributed by atoms with Crippen LogP contribution in [-0.2, 0) is 9.59 Å². The van der Waals surface area contributed by atoms with E-state index in [0.29, 0.717) is 22.2 Å². The lowest BCUT2D eigenvalue weighted by Crippen LogP contribution is -2.29. The van der Waals surface area contributed by atoms with Gasteiger partial charge in [0, 0.05) is 17.8 Å². The van der Waals surface area contributed by atoms with E-state index >= 15 is 0 Å². The second kappa shape index (κ2) is 7.95. The number of carbonyl (C=O) groups is 2. The van der Waals surface area contributed by atoms with Crippen LogP contribution in [0.1, 0.15) is 18.4 Å². The molecule has 1 N–H and O–H groups in total. The molecule has 0 radical (unpaired) electrons. The van der Waals surface area contributed by atoms with Crippen molar-refractivity contribution in [2.45, 2.75) is 12.8 Å². The summed E-state index contributed by atoms with van der Waals surface area (Å²) in [5.41, 5.74) is 2.08. The Morgan fingerprint density at radius 3 is 2.64 bits per heavy atom. The van der Waals surface area contributed by atoms with E-state index in [1.54, 1.807) is 11.3 Å². The average Bonchev–Trinajstić information content (AvgIpc) is 3.20. The minimum Gasteiger partial charge on any atom is -0.481 e. The fourth-order valence-electron chi connectivity index (χ4n) is 2.42. The van der Waals surface area contributed by atoms with E-state index in [1.807, 2.05) is 41.8 Å². The number of carboxylic acids is 1. The zero-order valence-electron chi connectivity index (χ0n) is 13.2. The minimum absolute atomic E-state index is 0.0281. The maximum atomic E-state index is 12.5. The van der Waals surface area contributed by atoms with Crippen molar-refractivity contribution in [2.75, 3.05) is 6.54 Å². The topological polar surface area (TPSA) is 57.6 Å². The van der Waals surface area contributed by atoms with E-state index in [9.17, 15) is 9.59 Å². The molecular weight excluding hydrogens is 374 g/mol. The van der Waals surface area contributed by atoms with E-state index in [2.05, 4.69) is 6.07 Å². The molecule has 0 unspecified atom stereocenters. The molecule has 1 fully saturated rings. The van der Waals surface area contributed by atoms with Crippen molar-refractivity contribution < 1.29 is 14.7 Å². The number of thiocarbonyl (C=S) groups is 1. The van der Waals surface area contributed by atoms with Gasteiger partial charge in [-0.2, -0.15) is 0 Å². The first-order valence-electron chi connectivity index (χ1n) is 7.66. The molecule has 1 aromatic carbocycles. The molecule has 0 saturated carbocycles. The van der Waals surface area contributed by atoms with Crippen LogP contribution in [0.25, 0.3) is 16.5 Å². The highest BCUT2D eigenvalue weighted by molar-refractivity contribution is 8.26.